The molecule has 0 aromatic heterocycles. The number of carboxylic acids is 1. The summed E-state index contributed by atoms with van der Waals surface area (Å²) in [6, 6.07) is 4.77. The van der Waals surface area contributed by atoms with Gasteiger partial charge in [0.05, 0.1) is 23.3 Å². The van der Waals surface area contributed by atoms with E-state index in [9.17, 15) is 29.1 Å². The first-order chi connectivity index (χ1) is 16.1. The first kappa shape index (κ1) is 24.6. The molecular formula is C25H24O9. The molecule has 0 saturated heterocycles. The van der Waals surface area contributed by atoms with E-state index in [1.807, 2.05) is 0 Å². The minimum absolute atomic E-state index is 0.101. The van der Waals surface area contributed by atoms with E-state index in [0.29, 0.717) is 6.61 Å². The molecule has 0 heterocycles. The molecule has 0 bridgehead atoms. The van der Waals surface area contributed by atoms with E-state index in [1.54, 1.807) is 0 Å². The summed E-state index contributed by atoms with van der Waals surface area (Å²) in [6.45, 7) is 4.67. The van der Waals surface area contributed by atoms with Gasteiger partial charge in [0.25, 0.3) is 0 Å². The summed E-state index contributed by atoms with van der Waals surface area (Å²) in [5.74, 6) is -4.63. The Bertz CT molecular complexity index is 1190. The third-order valence-electron chi connectivity index (χ3n) is 5.14. The predicted molar refractivity (Wildman–Crippen MR) is 119 cm³/mol. The summed E-state index contributed by atoms with van der Waals surface area (Å²) < 4.78 is 16.0. The fourth-order valence-corrected chi connectivity index (χ4v) is 3.70. The Morgan fingerprint density at radius 2 is 1.38 bits per heavy atom. The highest BCUT2D eigenvalue weighted by Gasteiger charge is 2.37. The van der Waals surface area contributed by atoms with Gasteiger partial charge in [-0.1, -0.05) is 26.2 Å². The van der Waals surface area contributed by atoms with Crippen molar-refractivity contribution >= 4 is 29.5 Å². The SMILES string of the molecule is CCCCCCOc1cc(OC(C)=O)c2c(c1)C(=O)c1cc(C(=O)O)cc(OC(C)=O)c1C2=O. The van der Waals surface area contributed by atoms with E-state index in [0.717, 1.165) is 51.7 Å². The Kier molecular flexibility index (Phi) is 7.45. The topological polar surface area (TPSA) is 133 Å². The fourth-order valence-electron chi connectivity index (χ4n) is 3.70. The number of carbonyl (C=O) groups is 5. The highest BCUT2D eigenvalue weighted by Crippen LogP contribution is 2.40. The zero-order valence-electron chi connectivity index (χ0n) is 19.1. The van der Waals surface area contributed by atoms with Crippen molar-refractivity contribution in [1.82, 2.24) is 0 Å². The van der Waals surface area contributed by atoms with Crippen LogP contribution in [0.5, 0.6) is 17.2 Å². The standard InChI is InChI=1S/C25H24O9/c1-4-5-6-7-8-32-16-11-18-22(20(12-16)34-14(3)27)24(29)21-17(23(18)28)9-15(25(30)31)10-19(21)33-13(2)26/h9-12H,4-8H2,1-3H3,(H,30,31). The first-order valence-electron chi connectivity index (χ1n) is 10.8. The Morgan fingerprint density at radius 3 is 1.94 bits per heavy atom. The molecule has 1 aliphatic rings. The van der Waals surface area contributed by atoms with Crippen LogP contribution in [0, 0.1) is 0 Å². The van der Waals surface area contributed by atoms with Crippen LogP contribution in [0.4, 0.5) is 0 Å². The summed E-state index contributed by atoms with van der Waals surface area (Å²) in [6.07, 6.45) is 3.84. The van der Waals surface area contributed by atoms with Gasteiger partial charge in [-0.25, -0.2) is 4.79 Å². The van der Waals surface area contributed by atoms with Crippen LogP contribution in [0.15, 0.2) is 24.3 Å². The molecule has 2 aromatic rings. The molecule has 9 nitrogen and oxygen atoms in total. The van der Waals surface area contributed by atoms with E-state index in [-0.39, 0.29) is 45.1 Å². The van der Waals surface area contributed by atoms with Crippen molar-refractivity contribution in [3.63, 3.8) is 0 Å². The lowest BCUT2D eigenvalue weighted by Crippen LogP contribution is -2.25. The van der Waals surface area contributed by atoms with Gasteiger partial charge in [0.2, 0.25) is 5.78 Å². The Labute approximate surface area is 195 Å². The van der Waals surface area contributed by atoms with Crippen molar-refractivity contribution in [3.8, 4) is 17.2 Å². The lowest BCUT2D eigenvalue weighted by molar-refractivity contribution is -0.132. The molecular weight excluding hydrogens is 444 g/mol. The zero-order valence-corrected chi connectivity index (χ0v) is 19.1. The van der Waals surface area contributed by atoms with Crippen molar-refractivity contribution < 1.29 is 43.3 Å². The van der Waals surface area contributed by atoms with Crippen molar-refractivity contribution in [1.29, 1.82) is 0 Å². The van der Waals surface area contributed by atoms with Crippen LogP contribution < -0.4 is 14.2 Å². The first-order valence-corrected chi connectivity index (χ1v) is 10.8. The minimum atomic E-state index is -1.37. The number of carboxylic acid groups (broad SMARTS) is 1. The van der Waals surface area contributed by atoms with Crippen molar-refractivity contribution in [3.05, 3.63) is 52.1 Å². The number of esters is 2. The van der Waals surface area contributed by atoms with Crippen LogP contribution in [-0.4, -0.2) is 41.2 Å². The molecule has 3 rings (SSSR count). The van der Waals surface area contributed by atoms with Gasteiger partial charge in [0.15, 0.2) is 5.78 Å². The van der Waals surface area contributed by atoms with Gasteiger partial charge in [-0.2, -0.15) is 0 Å². The molecule has 0 spiro atoms. The maximum Gasteiger partial charge on any atom is 0.335 e. The summed E-state index contributed by atoms with van der Waals surface area (Å²) >= 11 is 0. The van der Waals surface area contributed by atoms with Gasteiger partial charge in [0, 0.05) is 31.0 Å². The van der Waals surface area contributed by atoms with E-state index in [2.05, 4.69) is 6.92 Å². The van der Waals surface area contributed by atoms with Crippen LogP contribution in [0.1, 0.15) is 88.7 Å². The molecule has 0 unspecified atom stereocenters. The Morgan fingerprint density at radius 1 is 0.794 bits per heavy atom. The van der Waals surface area contributed by atoms with Crippen LogP contribution in [0.2, 0.25) is 0 Å². The summed E-state index contributed by atoms with van der Waals surface area (Å²) in [4.78, 5) is 61.7. The summed E-state index contributed by atoms with van der Waals surface area (Å²) in [5.41, 5.74) is -1.14. The predicted octanol–water partition coefficient (Wildman–Crippen LogP) is 3.97. The lowest BCUT2D eigenvalue weighted by Gasteiger charge is -2.23. The summed E-state index contributed by atoms with van der Waals surface area (Å²) in [7, 11) is 0. The largest absolute Gasteiger partial charge is 0.493 e. The molecule has 1 N–H and O–H groups in total. The summed E-state index contributed by atoms with van der Waals surface area (Å²) in [5, 5.41) is 9.42. The highest BCUT2D eigenvalue weighted by atomic mass is 16.5. The second kappa shape index (κ2) is 10.3. The van der Waals surface area contributed by atoms with Crippen LogP contribution in [-0.2, 0) is 9.59 Å². The second-order valence-electron chi connectivity index (χ2n) is 7.80. The third-order valence-corrected chi connectivity index (χ3v) is 5.14. The van der Waals surface area contributed by atoms with E-state index in [1.165, 1.54) is 12.1 Å². The number of fused-ring (bicyclic) bond motifs is 2. The molecule has 0 radical (unpaired) electrons. The molecule has 34 heavy (non-hydrogen) atoms. The van der Waals surface area contributed by atoms with Gasteiger partial charge in [0.1, 0.15) is 17.2 Å². The number of hydrogen-bond donors (Lipinski definition) is 1. The number of aromatic carboxylic acids is 1. The number of carbonyl (C=O) groups excluding carboxylic acids is 4. The van der Waals surface area contributed by atoms with Crippen LogP contribution >= 0.6 is 0 Å². The molecule has 1 aliphatic carbocycles. The molecule has 0 saturated carbocycles. The molecule has 0 amide bonds. The minimum Gasteiger partial charge on any atom is -0.493 e. The fraction of sp³-hybridized carbons (Fsp3) is 0.320. The normalized spacial score (nSPS) is 12.0. The second-order valence-corrected chi connectivity index (χ2v) is 7.80. The van der Waals surface area contributed by atoms with Crippen molar-refractivity contribution in [2.45, 2.75) is 46.5 Å². The molecule has 9 heteroatoms. The van der Waals surface area contributed by atoms with Crippen LogP contribution in [0.25, 0.3) is 0 Å². The lowest BCUT2D eigenvalue weighted by atomic mass is 9.82. The highest BCUT2D eigenvalue weighted by molar-refractivity contribution is 6.31. The van der Waals surface area contributed by atoms with E-state index in [4.69, 9.17) is 14.2 Å². The van der Waals surface area contributed by atoms with Crippen LogP contribution in [0.3, 0.4) is 0 Å². The monoisotopic (exact) mass is 468 g/mol. The maximum atomic E-state index is 13.5. The van der Waals surface area contributed by atoms with E-state index < -0.39 is 29.5 Å². The van der Waals surface area contributed by atoms with Gasteiger partial charge in [-0.3, -0.25) is 19.2 Å². The van der Waals surface area contributed by atoms with Crippen molar-refractivity contribution in [2.24, 2.45) is 0 Å². The van der Waals surface area contributed by atoms with Gasteiger partial charge in [-0.15, -0.1) is 0 Å². The zero-order chi connectivity index (χ0) is 25.0. The number of ether oxygens (including phenoxy) is 3. The maximum absolute atomic E-state index is 13.5. The molecule has 178 valence electrons. The smallest absolute Gasteiger partial charge is 0.335 e. The average molecular weight is 468 g/mol. The van der Waals surface area contributed by atoms with Crippen molar-refractivity contribution in [2.75, 3.05) is 6.61 Å². The average Bonchev–Trinajstić information content (AvgIpc) is 2.75. The Balaban J connectivity index is 2.14. The molecule has 0 atom stereocenters. The van der Waals surface area contributed by atoms with Gasteiger partial charge < -0.3 is 19.3 Å². The number of benzene rings is 2. The molecule has 2 aromatic carbocycles. The van der Waals surface area contributed by atoms with Gasteiger partial charge in [-0.05, 0) is 24.6 Å². The molecule has 0 fully saturated rings. The Hall–Kier alpha value is -4.01. The van der Waals surface area contributed by atoms with E-state index >= 15 is 0 Å². The quantitative estimate of drug-likeness (QED) is 0.281. The number of unbranched alkanes of at least 4 members (excludes halogenated alkanes) is 3. The number of hydrogen-bond acceptors (Lipinski definition) is 8. The number of ketones is 2. The van der Waals surface area contributed by atoms with Gasteiger partial charge >= 0.3 is 17.9 Å². The third kappa shape index (κ3) is 5.14. The number of rotatable bonds is 9. The molecule has 0 aliphatic heterocycles.